The smallest absolute Gasteiger partial charge is 0.257 e. The van der Waals surface area contributed by atoms with Gasteiger partial charge in [-0.1, -0.05) is 47.2 Å². The van der Waals surface area contributed by atoms with Crippen molar-refractivity contribution < 1.29 is 14.4 Å². The zero-order chi connectivity index (χ0) is 17.7. The van der Waals surface area contributed by atoms with Crippen molar-refractivity contribution in [2.75, 3.05) is 0 Å². The molecule has 0 saturated carbocycles. The molecule has 3 amide bonds. The number of amides is 3. The summed E-state index contributed by atoms with van der Waals surface area (Å²) in [5.41, 5.74) is -0.166. The van der Waals surface area contributed by atoms with E-state index in [1.807, 2.05) is 27.7 Å². The first-order valence-electron chi connectivity index (χ1n) is 8.37. The molecule has 132 valence electrons. The molecule has 1 heterocycles. The molecular weight excluding hydrogens is 329 g/mol. The maximum atomic E-state index is 12.6. The van der Waals surface area contributed by atoms with Crippen molar-refractivity contribution in [3.05, 3.63) is 0 Å². The standard InChI is InChI=1S/C15H30N3O3PSi/c1-7-10(4)12-14(20)16-11(8-9(2)3)13(19)18-22(23(5)6)15(21)17-12/h9-12,23H,7-8H2,1-6H3,(H,16,20)(H,17,21)(H,18,19)/t10?,11-,12-,22?/m0/s1. The largest absolute Gasteiger partial charge is 0.342 e. The Morgan fingerprint density at radius 1 is 1.09 bits per heavy atom. The fourth-order valence-electron chi connectivity index (χ4n) is 2.48. The lowest BCUT2D eigenvalue weighted by atomic mass is 9.97. The Kier molecular flexibility index (Phi) is 7.68. The van der Waals surface area contributed by atoms with Gasteiger partial charge in [-0.25, -0.2) is 0 Å². The minimum absolute atomic E-state index is 0.0255. The van der Waals surface area contributed by atoms with Crippen molar-refractivity contribution >= 4 is 33.5 Å². The van der Waals surface area contributed by atoms with Gasteiger partial charge in [0.15, 0.2) is 0 Å². The van der Waals surface area contributed by atoms with Gasteiger partial charge in [-0.2, -0.15) is 0 Å². The van der Waals surface area contributed by atoms with Crippen LogP contribution in [0.25, 0.3) is 0 Å². The molecule has 0 aromatic heterocycles. The van der Waals surface area contributed by atoms with Crippen LogP contribution in [0, 0.1) is 11.8 Å². The van der Waals surface area contributed by atoms with Gasteiger partial charge in [0.1, 0.15) is 12.1 Å². The van der Waals surface area contributed by atoms with Crippen molar-refractivity contribution in [3.8, 4) is 0 Å². The molecule has 1 rings (SSSR count). The third kappa shape index (κ3) is 5.57. The predicted octanol–water partition coefficient (Wildman–Crippen LogP) is 2.15. The van der Waals surface area contributed by atoms with Crippen LogP contribution in [0.2, 0.25) is 13.1 Å². The Hall–Kier alpha value is -0.943. The first-order chi connectivity index (χ1) is 10.7. The van der Waals surface area contributed by atoms with Crippen LogP contribution in [0.3, 0.4) is 0 Å². The summed E-state index contributed by atoms with van der Waals surface area (Å²) in [5.74, 6) is -0.173. The lowest BCUT2D eigenvalue weighted by Gasteiger charge is -2.25. The van der Waals surface area contributed by atoms with Gasteiger partial charge in [-0.15, -0.1) is 0 Å². The molecule has 23 heavy (non-hydrogen) atoms. The Labute approximate surface area is 141 Å². The van der Waals surface area contributed by atoms with E-state index in [2.05, 4.69) is 28.8 Å². The fourth-order valence-corrected chi connectivity index (χ4v) is 6.77. The molecule has 8 heteroatoms. The van der Waals surface area contributed by atoms with Crippen LogP contribution in [0.4, 0.5) is 4.79 Å². The van der Waals surface area contributed by atoms with E-state index in [9.17, 15) is 14.4 Å². The van der Waals surface area contributed by atoms with Gasteiger partial charge >= 0.3 is 0 Å². The van der Waals surface area contributed by atoms with E-state index in [1.165, 1.54) is 0 Å². The molecule has 0 radical (unpaired) electrons. The van der Waals surface area contributed by atoms with Crippen molar-refractivity contribution in [3.63, 3.8) is 0 Å². The Morgan fingerprint density at radius 2 is 1.70 bits per heavy atom. The molecule has 0 aromatic carbocycles. The van der Waals surface area contributed by atoms with Gasteiger partial charge in [0.25, 0.3) is 5.65 Å². The quantitative estimate of drug-likeness (QED) is 0.519. The van der Waals surface area contributed by atoms with Crippen LogP contribution in [0.5, 0.6) is 0 Å². The summed E-state index contributed by atoms with van der Waals surface area (Å²) < 4.78 is 0. The van der Waals surface area contributed by atoms with Crippen LogP contribution in [-0.4, -0.2) is 38.0 Å². The lowest BCUT2D eigenvalue weighted by molar-refractivity contribution is -0.129. The van der Waals surface area contributed by atoms with Crippen LogP contribution < -0.4 is 15.7 Å². The molecule has 1 saturated heterocycles. The molecular formula is C15H30N3O3PSi. The van der Waals surface area contributed by atoms with Gasteiger partial charge in [-0.05, 0) is 18.3 Å². The molecule has 0 bridgehead atoms. The monoisotopic (exact) mass is 359 g/mol. The van der Waals surface area contributed by atoms with Crippen LogP contribution in [0.15, 0.2) is 0 Å². The lowest BCUT2D eigenvalue weighted by Crippen LogP contribution is -2.53. The zero-order valence-electron chi connectivity index (χ0n) is 15.0. The summed E-state index contributed by atoms with van der Waals surface area (Å²) >= 11 is 0. The van der Waals surface area contributed by atoms with E-state index in [-0.39, 0.29) is 29.3 Å². The van der Waals surface area contributed by atoms with Crippen LogP contribution in [0.1, 0.15) is 40.5 Å². The van der Waals surface area contributed by atoms with Crippen molar-refractivity contribution in [1.82, 2.24) is 15.7 Å². The summed E-state index contributed by atoms with van der Waals surface area (Å²) in [4.78, 5) is 37.7. The summed E-state index contributed by atoms with van der Waals surface area (Å²) in [7, 11) is -2.61. The van der Waals surface area contributed by atoms with Crippen molar-refractivity contribution in [2.45, 2.75) is 65.7 Å². The van der Waals surface area contributed by atoms with Crippen LogP contribution in [-0.2, 0) is 9.59 Å². The molecule has 1 aliphatic heterocycles. The summed E-state index contributed by atoms with van der Waals surface area (Å²) in [6.45, 7) is 12.1. The van der Waals surface area contributed by atoms with E-state index in [0.717, 1.165) is 6.42 Å². The second-order valence-corrected chi connectivity index (χ2v) is 15.1. The number of rotatable bonds is 5. The topological polar surface area (TPSA) is 87.3 Å². The highest BCUT2D eigenvalue weighted by Gasteiger charge is 2.36. The first-order valence-corrected chi connectivity index (χ1v) is 13.6. The highest BCUT2D eigenvalue weighted by molar-refractivity contribution is 8.00. The molecule has 0 aliphatic carbocycles. The SMILES string of the molecule is CCC(C)[C@@H]1NC(=O)P([SiH](C)C)NC(=O)[C@H](CC(C)C)NC1=O. The predicted molar refractivity (Wildman–Crippen MR) is 97.1 cm³/mol. The van der Waals surface area contributed by atoms with Gasteiger partial charge in [0.05, 0.1) is 16.1 Å². The maximum Gasteiger partial charge on any atom is 0.257 e. The molecule has 4 atom stereocenters. The fraction of sp³-hybridized carbons (Fsp3) is 0.800. The minimum atomic E-state index is -1.39. The highest BCUT2D eigenvalue weighted by Crippen LogP contribution is 2.36. The van der Waals surface area contributed by atoms with Gasteiger partial charge in [-0.3, -0.25) is 14.4 Å². The minimum Gasteiger partial charge on any atom is -0.342 e. The van der Waals surface area contributed by atoms with E-state index >= 15 is 0 Å². The summed E-state index contributed by atoms with van der Waals surface area (Å²) in [6, 6.07) is -1.15. The summed E-state index contributed by atoms with van der Waals surface area (Å²) in [6.07, 6.45) is 1.35. The molecule has 1 fully saturated rings. The third-order valence-corrected chi connectivity index (χ3v) is 10.3. The molecule has 6 nitrogen and oxygen atoms in total. The van der Waals surface area contributed by atoms with Gasteiger partial charge < -0.3 is 15.7 Å². The van der Waals surface area contributed by atoms with Crippen molar-refractivity contribution in [1.29, 1.82) is 0 Å². The number of nitrogens with one attached hydrogen (secondary N) is 3. The Balaban J connectivity index is 3.14. The zero-order valence-corrected chi connectivity index (χ0v) is 17.0. The van der Waals surface area contributed by atoms with E-state index in [1.54, 1.807) is 0 Å². The Bertz CT molecular complexity index is 459. The average Bonchev–Trinajstić information content (AvgIpc) is 2.50. The normalized spacial score (nSPS) is 27.7. The summed E-state index contributed by atoms with van der Waals surface area (Å²) in [5, 5.41) is 8.65. The van der Waals surface area contributed by atoms with Crippen LogP contribution >= 0.6 is 7.62 Å². The van der Waals surface area contributed by atoms with Gasteiger partial charge in [0.2, 0.25) is 11.8 Å². The Morgan fingerprint density at radius 3 is 2.17 bits per heavy atom. The third-order valence-electron chi connectivity index (χ3n) is 4.08. The molecule has 3 N–H and O–H groups in total. The highest BCUT2D eigenvalue weighted by atomic mass is 31.4. The van der Waals surface area contributed by atoms with E-state index < -0.39 is 28.2 Å². The molecule has 1 aliphatic rings. The second kappa shape index (κ2) is 8.78. The van der Waals surface area contributed by atoms with Gasteiger partial charge in [0, 0.05) is 0 Å². The number of hydrogen-bond donors (Lipinski definition) is 3. The number of carbonyl (C=O) groups excluding carboxylic acids is 3. The van der Waals surface area contributed by atoms with Crippen molar-refractivity contribution in [2.24, 2.45) is 11.8 Å². The average molecular weight is 359 g/mol. The number of carbonyl (C=O) groups is 3. The molecule has 0 spiro atoms. The molecule has 0 aromatic rings. The first kappa shape index (κ1) is 20.1. The number of hydrogen-bond acceptors (Lipinski definition) is 3. The second-order valence-electron chi connectivity index (χ2n) is 6.94. The van der Waals surface area contributed by atoms with E-state index in [0.29, 0.717) is 6.42 Å². The maximum absolute atomic E-state index is 12.6. The molecule has 2 unspecified atom stereocenters. The van der Waals surface area contributed by atoms with E-state index in [4.69, 9.17) is 0 Å².